The second kappa shape index (κ2) is 7.82. The number of likely N-dealkylation sites (tertiary alicyclic amines) is 1. The van der Waals surface area contributed by atoms with Gasteiger partial charge in [0.2, 0.25) is 11.8 Å². The molecule has 0 unspecified atom stereocenters. The fourth-order valence-electron chi connectivity index (χ4n) is 3.22. The average Bonchev–Trinajstić information content (AvgIpc) is 3.09. The van der Waals surface area contributed by atoms with Crippen molar-refractivity contribution in [1.82, 2.24) is 24.8 Å². The Labute approximate surface area is 152 Å². The molecule has 0 aromatic carbocycles. The molecule has 1 fully saturated rings. The van der Waals surface area contributed by atoms with E-state index in [0.717, 1.165) is 24.3 Å². The Balaban J connectivity index is 1.52. The first kappa shape index (κ1) is 18.3. The van der Waals surface area contributed by atoms with Crippen molar-refractivity contribution in [2.75, 3.05) is 19.6 Å². The number of nitrogens with two attached hydrogens (primary N) is 1. The van der Waals surface area contributed by atoms with Crippen molar-refractivity contribution in [3.63, 3.8) is 0 Å². The number of hydrogen-bond donors (Lipinski definition) is 2. The van der Waals surface area contributed by atoms with Gasteiger partial charge in [-0.05, 0) is 30.9 Å². The van der Waals surface area contributed by atoms with Gasteiger partial charge in [0.15, 0.2) is 5.65 Å². The summed E-state index contributed by atoms with van der Waals surface area (Å²) >= 11 is 0. The van der Waals surface area contributed by atoms with Crippen molar-refractivity contribution in [2.24, 2.45) is 11.7 Å². The van der Waals surface area contributed by atoms with Gasteiger partial charge in [-0.2, -0.15) is 0 Å². The third-order valence-corrected chi connectivity index (χ3v) is 4.99. The summed E-state index contributed by atoms with van der Waals surface area (Å²) in [6, 6.07) is 5.24. The molecule has 0 radical (unpaired) electrons. The number of piperidine rings is 1. The van der Waals surface area contributed by atoms with Gasteiger partial charge in [0, 0.05) is 25.2 Å². The Morgan fingerprint density at radius 3 is 2.69 bits per heavy atom. The highest BCUT2D eigenvalue weighted by Crippen LogP contribution is 2.27. The molecule has 3 rings (SSSR count). The summed E-state index contributed by atoms with van der Waals surface area (Å²) in [6.45, 7) is 5.06. The summed E-state index contributed by atoms with van der Waals surface area (Å²) in [6.07, 6.45) is 3.64. The molecule has 2 aromatic rings. The molecule has 26 heavy (non-hydrogen) atoms. The Morgan fingerprint density at radius 2 is 2.00 bits per heavy atom. The lowest BCUT2D eigenvalue weighted by atomic mass is 9.96. The van der Waals surface area contributed by atoms with Crippen LogP contribution in [0.2, 0.25) is 0 Å². The molecule has 1 aliphatic heterocycles. The molecule has 3 N–H and O–H groups in total. The van der Waals surface area contributed by atoms with Crippen molar-refractivity contribution in [1.29, 1.82) is 0 Å². The first-order valence-corrected chi connectivity index (χ1v) is 9.08. The maximum atomic E-state index is 12.3. The number of rotatable bonds is 5. The fraction of sp³-hybridized carbons (Fsp3) is 0.556. The van der Waals surface area contributed by atoms with Crippen LogP contribution in [-0.2, 0) is 9.59 Å². The van der Waals surface area contributed by atoms with Crippen LogP contribution in [0.1, 0.15) is 38.4 Å². The minimum atomic E-state index is -0.588. The number of nitrogens with zero attached hydrogens (tertiary/aromatic N) is 4. The number of fused-ring (bicyclic) bond motifs is 1. The van der Waals surface area contributed by atoms with Crippen molar-refractivity contribution in [3.05, 3.63) is 30.2 Å². The lowest BCUT2D eigenvalue weighted by Gasteiger charge is -2.31. The Morgan fingerprint density at radius 1 is 1.27 bits per heavy atom. The van der Waals surface area contributed by atoms with E-state index in [1.165, 1.54) is 0 Å². The molecule has 3 heterocycles. The van der Waals surface area contributed by atoms with E-state index in [9.17, 15) is 9.59 Å². The predicted molar refractivity (Wildman–Crippen MR) is 97.4 cm³/mol. The average molecular weight is 358 g/mol. The van der Waals surface area contributed by atoms with Crippen LogP contribution in [0.5, 0.6) is 0 Å². The first-order chi connectivity index (χ1) is 12.5. The molecule has 8 heteroatoms. The van der Waals surface area contributed by atoms with Gasteiger partial charge in [-0.25, -0.2) is 0 Å². The number of carbonyl (C=O) groups excluding carboxylic acids is 2. The molecular weight excluding hydrogens is 332 g/mol. The molecule has 140 valence electrons. The molecule has 1 saturated heterocycles. The smallest absolute Gasteiger partial charge is 0.241 e. The predicted octanol–water partition coefficient (Wildman–Crippen LogP) is 0.535. The maximum Gasteiger partial charge on any atom is 0.241 e. The molecule has 0 spiro atoms. The van der Waals surface area contributed by atoms with Crippen molar-refractivity contribution in [2.45, 2.75) is 38.6 Å². The summed E-state index contributed by atoms with van der Waals surface area (Å²) < 4.78 is 2.01. The zero-order chi connectivity index (χ0) is 18.7. The monoisotopic (exact) mass is 358 g/mol. The quantitative estimate of drug-likeness (QED) is 0.811. The standard InChI is InChI=1S/C18H26N6O2/c1-12(2)16(19)18(26)20-11-15(25)23-9-6-13(7-10-23)17-22-21-14-5-3-4-8-24(14)17/h3-5,8,12-13,16H,6-7,9-11,19H2,1-2H3,(H,20,26)/t16-/m0/s1. The summed E-state index contributed by atoms with van der Waals surface area (Å²) in [4.78, 5) is 26.0. The molecular formula is C18H26N6O2. The van der Waals surface area contributed by atoms with Gasteiger partial charge in [0.1, 0.15) is 5.82 Å². The van der Waals surface area contributed by atoms with Gasteiger partial charge in [0.25, 0.3) is 0 Å². The van der Waals surface area contributed by atoms with Gasteiger partial charge >= 0.3 is 0 Å². The van der Waals surface area contributed by atoms with Gasteiger partial charge < -0.3 is 16.0 Å². The van der Waals surface area contributed by atoms with Crippen LogP contribution < -0.4 is 11.1 Å². The highest BCUT2D eigenvalue weighted by molar-refractivity contribution is 5.87. The van der Waals surface area contributed by atoms with E-state index in [-0.39, 0.29) is 30.2 Å². The van der Waals surface area contributed by atoms with E-state index in [4.69, 9.17) is 5.73 Å². The second-order valence-corrected chi connectivity index (χ2v) is 7.13. The summed E-state index contributed by atoms with van der Waals surface area (Å²) in [5.41, 5.74) is 6.63. The molecule has 1 aliphatic rings. The Bertz CT molecular complexity index is 779. The zero-order valence-corrected chi connectivity index (χ0v) is 15.3. The molecule has 0 aliphatic carbocycles. The summed E-state index contributed by atoms with van der Waals surface area (Å²) in [5, 5.41) is 11.2. The highest BCUT2D eigenvalue weighted by Gasteiger charge is 2.27. The summed E-state index contributed by atoms with van der Waals surface area (Å²) in [7, 11) is 0. The van der Waals surface area contributed by atoms with E-state index < -0.39 is 6.04 Å². The lowest BCUT2D eigenvalue weighted by molar-refractivity contribution is -0.134. The van der Waals surface area contributed by atoms with Gasteiger partial charge in [-0.1, -0.05) is 19.9 Å². The lowest BCUT2D eigenvalue weighted by Crippen LogP contribution is -2.49. The third kappa shape index (κ3) is 3.85. The fourth-order valence-corrected chi connectivity index (χ4v) is 3.22. The Kier molecular flexibility index (Phi) is 5.51. The summed E-state index contributed by atoms with van der Waals surface area (Å²) in [5.74, 6) is 0.917. The SMILES string of the molecule is CC(C)[C@H](N)C(=O)NCC(=O)N1CCC(c2nnc3ccccn23)CC1. The van der Waals surface area contributed by atoms with Crippen LogP contribution in [-0.4, -0.2) is 57.0 Å². The first-order valence-electron chi connectivity index (χ1n) is 9.08. The van der Waals surface area contributed by atoms with E-state index in [0.29, 0.717) is 13.1 Å². The number of hydrogen-bond acceptors (Lipinski definition) is 5. The zero-order valence-electron chi connectivity index (χ0n) is 15.3. The largest absolute Gasteiger partial charge is 0.346 e. The topological polar surface area (TPSA) is 106 Å². The normalized spacial score (nSPS) is 16.8. The molecule has 2 amide bonds. The second-order valence-electron chi connectivity index (χ2n) is 7.13. The van der Waals surface area contributed by atoms with Crippen LogP contribution in [0.3, 0.4) is 0 Å². The van der Waals surface area contributed by atoms with E-state index >= 15 is 0 Å². The van der Waals surface area contributed by atoms with Gasteiger partial charge in [-0.3, -0.25) is 14.0 Å². The van der Waals surface area contributed by atoms with Crippen LogP contribution in [0, 0.1) is 5.92 Å². The molecule has 0 saturated carbocycles. The van der Waals surface area contributed by atoms with Gasteiger partial charge in [0.05, 0.1) is 12.6 Å². The highest BCUT2D eigenvalue weighted by atomic mass is 16.2. The number of aromatic nitrogens is 3. The maximum absolute atomic E-state index is 12.3. The van der Waals surface area contributed by atoms with Crippen LogP contribution in [0.25, 0.3) is 5.65 Å². The van der Waals surface area contributed by atoms with Crippen LogP contribution in [0.15, 0.2) is 24.4 Å². The van der Waals surface area contributed by atoms with E-state index in [2.05, 4.69) is 15.5 Å². The van der Waals surface area contributed by atoms with E-state index in [1.807, 2.05) is 42.6 Å². The van der Waals surface area contributed by atoms with E-state index in [1.54, 1.807) is 4.90 Å². The molecule has 8 nitrogen and oxygen atoms in total. The molecule has 2 aromatic heterocycles. The number of pyridine rings is 1. The van der Waals surface area contributed by atoms with Crippen molar-refractivity contribution < 1.29 is 9.59 Å². The Hall–Kier alpha value is -2.48. The molecule has 1 atom stereocenters. The van der Waals surface area contributed by atoms with Crippen LogP contribution >= 0.6 is 0 Å². The number of carbonyl (C=O) groups is 2. The minimum absolute atomic E-state index is 0.00220. The van der Waals surface area contributed by atoms with Crippen LogP contribution in [0.4, 0.5) is 0 Å². The minimum Gasteiger partial charge on any atom is -0.346 e. The third-order valence-electron chi connectivity index (χ3n) is 4.99. The van der Waals surface area contributed by atoms with Gasteiger partial charge in [-0.15, -0.1) is 10.2 Å². The number of nitrogens with one attached hydrogen (secondary N) is 1. The van der Waals surface area contributed by atoms with Crippen molar-refractivity contribution in [3.8, 4) is 0 Å². The number of amides is 2. The van der Waals surface area contributed by atoms with Crippen molar-refractivity contribution >= 4 is 17.5 Å². The molecule has 0 bridgehead atoms.